The molecule has 1 fully saturated rings. The number of ether oxygens (including phenoxy) is 1. The molecule has 2 atom stereocenters. The lowest BCUT2D eigenvalue weighted by atomic mass is 9.67. The van der Waals surface area contributed by atoms with Gasteiger partial charge >= 0.3 is 0 Å². The van der Waals surface area contributed by atoms with Crippen LogP contribution >= 0.6 is 0 Å². The van der Waals surface area contributed by atoms with Crippen molar-refractivity contribution in [1.82, 2.24) is 0 Å². The van der Waals surface area contributed by atoms with E-state index >= 15 is 0 Å². The van der Waals surface area contributed by atoms with Gasteiger partial charge in [-0.3, -0.25) is 0 Å². The highest BCUT2D eigenvalue weighted by atomic mass is 16.5. The van der Waals surface area contributed by atoms with E-state index in [9.17, 15) is 0 Å². The fourth-order valence-corrected chi connectivity index (χ4v) is 2.33. The van der Waals surface area contributed by atoms with Gasteiger partial charge in [0.1, 0.15) is 0 Å². The van der Waals surface area contributed by atoms with Crippen LogP contribution in [0.1, 0.15) is 46.5 Å². The van der Waals surface area contributed by atoms with Gasteiger partial charge in [0.05, 0.1) is 12.7 Å². The fourth-order valence-electron chi connectivity index (χ4n) is 2.33. The Morgan fingerprint density at radius 2 is 2.29 bits per heavy atom. The quantitative estimate of drug-likeness (QED) is 0.621. The standard InChI is InChI=1S/C13H24O/c1-5-9-14-12-7-6-8-13(4,10-12)11(2)3/h5,11-12H,1,6-10H2,2-4H3. The first-order valence-electron chi connectivity index (χ1n) is 5.81. The summed E-state index contributed by atoms with van der Waals surface area (Å²) in [6.07, 6.45) is 7.44. The number of rotatable bonds is 4. The average Bonchev–Trinajstić information content (AvgIpc) is 2.15. The molecular weight excluding hydrogens is 172 g/mol. The van der Waals surface area contributed by atoms with Crippen LogP contribution in [0.4, 0.5) is 0 Å². The van der Waals surface area contributed by atoms with Gasteiger partial charge in [-0.15, -0.1) is 6.58 Å². The first-order chi connectivity index (χ1) is 6.58. The molecule has 82 valence electrons. The number of hydrogen-bond donors (Lipinski definition) is 0. The van der Waals surface area contributed by atoms with Gasteiger partial charge in [0.25, 0.3) is 0 Å². The van der Waals surface area contributed by atoms with Gasteiger partial charge in [0, 0.05) is 0 Å². The van der Waals surface area contributed by atoms with E-state index in [1.165, 1.54) is 25.7 Å². The van der Waals surface area contributed by atoms with E-state index in [4.69, 9.17) is 4.74 Å². The molecule has 0 saturated heterocycles. The summed E-state index contributed by atoms with van der Waals surface area (Å²) >= 11 is 0. The first kappa shape index (κ1) is 11.8. The zero-order chi connectivity index (χ0) is 10.6. The molecule has 0 aromatic rings. The normalized spacial score (nSPS) is 33.3. The monoisotopic (exact) mass is 196 g/mol. The highest BCUT2D eigenvalue weighted by Gasteiger charge is 2.34. The van der Waals surface area contributed by atoms with Gasteiger partial charge in [-0.05, 0) is 30.6 Å². The van der Waals surface area contributed by atoms with E-state index in [2.05, 4.69) is 27.4 Å². The van der Waals surface area contributed by atoms with E-state index in [0.717, 1.165) is 5.92 Å². The minimum atomic E-state index is 0.467. The van der Waals surface area contributed by atoms with Crippen molar-refractivity contribution < 1.29 is 4.74 Å². The molecule has 1 aliphatic carbocycles. The van der Waals surface area contributed by atoms with Crippen molar-refractivity contribution in [2.45, 2.75) is 52.6 Å². The van der Waals surface area contributed by atoms with Crippen molar-refractivity contribution >= 4 is 0 Å². The van der Waals surface area contributed by atoms with E-state index in [1.54, 1.807) is 0 Å². The Morgan fingerprint density at radius 1 is 1.57 bits per heavy atom. The van der Waals surface area contributed by atoms with Crippen molar-refractivity contribution in [3.63, 3.8) is 0 Å². The Balaban J connectivity index is 2.46. The van der Waals surface area contributed by atoms with Gasteiger partial charge in [0.15, 0.2) is 0 Å². The largest absolute Gasteiger partial charge is 0.374 e. The van der Waals surface area contributed by atoms with Crippen LogP contribution in [-0.2, 0) is 4.74 Å². The second kappa shape index (κ2) is 4.97. The summed E-state index contributed by atoms with van der Waals surface area (Å²) < 4.78 is 5.76. The maximum absolute atomic E-state index is 5.76. The molecule has 0 aromatic carbocycles. The second-order valence-electron chi connectivity index (χ2n) is 5.15. The lowest BCUT2D eigenvalue weighted by molar-refractivity contribution is -0.0144. The zero-order valence-electron chi connectivity index (χ0n) is 9.88. The summed E-state index contributed by atoms with van der Waals surface area (Å²) in [7, 11) is 0. The third kappa shape index (κ3) is 2.84. The van der Waals surface area contributed by atoms with Crippen LogP contribution in [0.2, 0.25) is 0 Å². The van der Waals surface area contributed by atoms with Crippen LogP contribution in [0, 0.1) is 11.3 Å². The van der Waals surface area contributed by atoms with E-state index < -0.39 is 0 Å². The summed E-state index contributed by atoms with van der Waals surface area (Å²) in [6.45, 7) is 11.5. The van der Waals surface area contributed by atoms with Gasteiger partial charge in [-0.25, -0.2) is 0 Å². The van der Waals surface area contributed by atoms with Gasteiger partial charge in [0.2, 0.25) is 0 Å². The summed E-state index contributed by atoms with van der Waals surface area (Å²) in [5, 5.41) is 0. The van der Waals surface area contributed by atoms with Crippen LogP contribution in [0.15, 0.2) is 12.7 Å². The summed E-state index contributed by atoms with van der Waals surface area (Å²) in [6, 6.07) is 0. The lowest BCUT2D eigenvalue weighted by Gasteiger charge is -2.41. The molecule has 1 rings (SSSR count). The molecule has 1 saturated carbocycles. The molecule has 0 bridgehead atoms. The molecule has 0 amide bonds. The topological polar surface area (TPSA) is 9.23 Å². The SMILES string of the molecule is C=CCOC1CCCC(C)(C(C)C)C1. The highest BCUT2D eigenvalue weighted by molar-refractivity contribution is 4.86. The molecule has 2 unspecified atom stereocenters. The molecule has 1 heteroatoms. The highest BCUT2D eigenvalue weighted by Crippen LogP contribution is 2.42. The molecule has 14 heavy (non-hydrogen) atoms. The van der Waals surface area contributed by atoms with Gasteiger partial charge in [-0.2, -0.15) is 0 Å². The molecule has 0 radical (unpaired) electrons. The predicted molar refractivity (Wildman–Crippen MR) is 61.4 cm³/mol. The summed E-state index contributed by atoms with van der Waals surface area (Å²) in [5.41, 5.74) is 0.490. The van der Waals surface area contributed by atoms with Crippen LogP contribution in [-0.4, -0.2) is 12.7 Å². The molecule has 0 N–H and O–H groups in total. The van der Waals surface area contributed by atoms with E-state index in [1.807, 2.05) is 6.08 Å². The van der Waals surface area contributed by atoms with Crippen LogP contribution in [0.3, 0.4) is 0 Å². The fraction of sp³-hybridized carbons (Fsp3) is 0.846. The van der Waals surface area contributed by atoms with Gasteiger partial charge in [-0.1, -0.05) is 33.3 Å². The zero-order valence-corrected chi connectivity index (χ0v) is 9.88. The Bertz CT molecular complexity index is 186. The third-order valence-corrected chi connectivity index (χ3v) is 3.81. The smallest absolute Gasteiger partial charge is 0.0648 e. The Labute approximate surface area is 88.5 Å². The Hall–Kier alpha value is -0.300. The minimum absolute atomic E-state index is 0.467. The van der Waals surface area contributed by atoms with Crippen molar-refractivity contribution in [3.8, 4) is 0 Å². The summed E-state index contributed by atoms with van der Waals surface area (Å²) in [5.74, 6) is 0.762. The molecule has 1 nitrogen and oxygen atoms in total. The minimum Gasteiger partial charge on any atom is -0.374 e. The van der Waals surface area contributed by atoms with Crippen molar-refractivity contribution in [2.75, 3.05) is 6.61 Å². The van der Waals surface area contributed by atoms with Crippen LogP contribution in [0.25, 0.3) is 0 Å². The molecule has 0 aliphatic heterocycles. The molecule has 0 spiro atoms. The maximum atomic E-state index is 5.76. The Morgan fingerprint density at radius 3 is 2.86 bits per heavy atom. The molecular formula is C13H24O. The van der Waals surface area contributed by atoms with E-state index in [0.29, 0.717) is 18.1 Å². The lowest BCUT2D eigenvalue weighted by Crippen LogP contribution is -2.34. The number of hydrogen-bond acceptors (Lipinski definition) is 1. The molecule has 1 aliphatic rings. The van der Waals surface area contributed by atoms with Crippen LogP contribution in [0.5, 0.6) is 0 Å². The van der Waals surface area contributed by atoms with Crippen molar-refractivity contribution in [2.24, 2.45) is 11.3 Å². The first-order valence-corrected chi connectivity index (χ1v) is 5.81. The van der Waals surface area contributed by atoms with Crippen LogP contribution < -0.4 is 0 Å². The predicted octanol–water partition coefficient (Wildman–Crippen LogP) is 3.79. The third-order valence-electron chi connectivity index (χ3n) is 3.81. The summed E-state index contributed by atoms with van der Waals surface area (Å²) in [4.78, 5) is 0. The maximum Gasteiger partial charge on any atom is 0.0648 e. The average molecular weight is 196 g/mol. The molecule has 0 aromatic heterocycles. The van der Waals surface area contributed by atoms with E-state index in [-0.39, 0.29) is 0 Å². The van der Waals surface area contributed by atoms with Crippen molar-refractivity contribution in [1.29, 1.82) is 0 Å². The molecule has 0 heterocycles. The Kier molecular flexibility index (Phi) is 4.18. The van der Waals surface area contributed by atoms with Crippen molar-refractivity contribution in [3.05, 3.63) is 12.7 Å². The van der Waals surface area contributed by atoms with Gasteiger partial charge < -0.3 is 4.74 Å². The second-order valence-corrected chi connectivity index (χ2v) is 5.15.